The predicted molar refractivity (Wildman–Crippen MR) is 56.8 cm³/mol. The number of hydrogen-bond donors (Lipinski definition) is 1. The molecule has 1 atom stereocenters. The lowest BCUT2D eigenvalue weighted by Crippen LogP contribution is -2.01. The lowest BCUT2D eigenvalue weighted by atomic mass is 10.1. The number of thiol groups is 1. The van der Waals surface area contributed by atoms with Crippen LogP contribution >= 0.6 is 24.4 Å². The molecule has 1 rings (SSSR count). The van der Waals surface area contributed by atoms with Gasteiger partial charge in [0.25, 0.3) is 0 Å². The van der Waals surface area contributed by atoms with Crippen molar-refractivity contribution < 1.29 is 0 Å². The minimum Gasteiger partial charge on any atom is -0.271 e. The molecule has 1 heterocycles. The Kier molecular flexibility index (Phi) is 4.38. The van der Waals surface area contributed by atoms with Gasteiger partial charge in [-0.3, -0.25) is 4.99 Å². The number of unbranched alkanes of at least 4 members (excludes halogenated alkanes) is 2. The Morgan fingerprint density at radius 2 is 2.45 bits per heavy atom. The molecule has 0 N–H and O–H groups in total. The number of aliphatic imine (C=N–C) groups is 1. The van der Waals surface area contributed by atoms with E-state index in [0.717, 1.165) is 16.2 Å². The van der Waals surface area contributed by atoms with E-state index in [4.69, 9.17) is 0 Å². The van der Waals surface area contributed by atoms with Crippen LogP contribution in [-0.2, 0) is 0 Å². The van der Waals surface area contributed by atoms with E-state index in [1.807, 2.05) is 11.8 Å². The fourth-order valence-corrected chi connectivity index (χ4v) is 2.59. The molecule has 0 aromatic carbocycles. The molecular weight excluding hydrogens is 174 g/mol. The maximum absolute atomic E-state index is 4.24. The fourth-order valence-electron chi connectivity index (χ4n) is 1.18. The van der Waals surface area contributed by atoms with Crippen molar-refractivity contribution in [1.29, 1.82) is 0 Å². The Balaban J connectivity index is 2.02. The molecule has 0 bridgehead atoms. The molecule has 0 aromatic heterocycles. The van der Waals surface area contributed by atoms with Crippen molar-refractivity contribution in [2.75, 3.05) is 6.54 Å². The summed E-state index contributed by atoms with van der Waals surface area (Å²) in [6, 6.07) is 0. The lowest BCUT2D eigenvalue weighted by Gasteiger charge is -2.05. The summed E-state index contributed by atoms with van der Waals surface area (Å²) in [5.74, 6) is 0. The van der Waals surface area contributed by atoms with Gasteiger partial charge in [0.1, 0.15) is 4.38 Å². The molecular formula is C8H15NS2. The summed E-state index contributed by atoms with van der Waals surface area (Å²) in [6.45, 7) is 3.23. The van der Waals surface area contributed by atoms with Gasteiger partial charge < -0.3 is 0 Å². The van der Waals surface area contributed by atoms with Gasteiger partial charge in [0.05, 0.1) is 6.54 Å². The molecule has 0 saturated heterocycles. The van der Waals surface area contributed by atoms with E-state index in [2.05, 4.69) is 24.5 Å². The zero-order valence-corrected chi connectivity index (χ0v) is 8.63. The van der Waals surface area contributed by atoms with Gasteiger partial charge in [0, 0.05) is 5.25 Å². The first-order chi connectivity index (χ1) is 5.33. The summed E-state index contributed by atoms with van der Waals surface area (Å²) in [5.41, 5.74) is 0. The number of hydrogen-bond acceptors (Lipinski definition) is 2. The van der Waals surface area contributed by atoms with E-state index in [1.165, 1.54) is 25.7 Å². The Hall–Kier alpha value is 0.370. The quantitative estimate of drug-likeness (QED) is 0.530. The van der Waals surface area contributed by atoms with Gasteiger partial charge in [0.15, 0.2) is 0 Å². The SMILES string of the molecule is CCCCCC1CN=C(S)S1. The van der Waals surface area contributed by atoms with Gasteiger partial charge in [-0.1, -0.05) is 37.9 Å². The fraction of sp³-hybridized carbons (Fsp3) is 0.875. The summed E-state index contributed by atoms with van der Waals surface area (Å²) < 4.78 is 0.978. The van der Waals surface area contributed by atoms with Gasteiger partial charge in [-0.2, -0.15) is 0 Å². The van der Waals surface area contributed by atoms with E-state index in [9.17, 15) is 0 Å². The van der Waals surface area contributed by atoms with Crippen LogP contribution in [0.2, 0.25) is 0 Å². The molecule has 11 heavy (non-hydrogen) atoms. The van der Waals surface area contributed by atoms with Gasteiger partial charge in [-0.25, -0.2) is 0 Å². The third kappa shape index (κ3) is 3.52. The Labute approximate surface area is 78.5 Å². The second kappa shape index (κ2) is 5.09. The molecule has 1 aliphatic heterocycles. The van der Waals surface area contributed by atoms with E-state index < -0.39 is 0 Å². The van der Waals surface area contributed by atoms with Crippen LogP contribution in [0.1, 0.15) is 32.6 Å². The predicted octanol–water partition coefficient (Wildman–Crippen LogP) is 2.97. The monoisotopic (exact) mass is 189 g/mol. The van der Waals surface area contributed by atoms with Crippen molar-refractivity contribution in [3.63, 3.8) is 0 Å². The van der Waals surface area contributed by atoms with Crippen LogP contribution in [0.4, 0.5) is 0 Å². The van der Waals surface area contributed by atoms with Crippen molar-refractivity contribution in [3.05, 3.63) is 0 Å². The van der Waals surface area contributed by atoms with Crippen LogP contribution in [0, 0.1) is 0 Å². The van der Waals surface area contributed by atoms with Crippen molar-refractivity contribution in [2.45, 2.75) is 37.9 Å². The van der Waals surface area contributed by atoms with Crippen LogP contribution in [0.5, 0.6) is 0 Å². The number of thioether (sulfide) groups is 1. The molecule has 0 spiro atoms. The summed E-state index contributed by atoms with van der Waals surface area (Å²) >= 11 is 6.04. The molecule has 0 aliphatic carbocycles. The molecule has 1 nitrogen and oxygen atoms in total. The van der Waals surface area contributed by atoms with Crippen LogP contribution in [0.25, 0.3) is 0 Å². The van der Waals surface area contributed by atoms with Gasteiger partial charge in [-0.05, 0) is 6.42 Å². The van der Waals surface area contributed by atoms with Crippen molar-refractivity contribution in [1.82, 2.24) is 0 Å². The third-order valence-electron chi connectivity index (χ3n) is 1.83. The molecule has 0 amide bonds. The Morgan fingerprint density at radius 3 is 3.00 bits per heavy atom. The van der Waals surface area contributed by atoms with Crippen LogP contribution in [0.3, 0.4) is 0 Å². The summed E-state index contributed by atoms with van der Waals surface area (Å²) in [4.78, 5) is 4.24. The minimum atomic E-state index is 0.731. The van der Waals surface area contributed by atoms with Crippen LogP contribution < -0.4 is 0 Å². The highest BCUT2D eigenvalue weighted by atomic mass is 32.2. The molecule has 0 fully saturated rings. The standard InChI is InChI=1S/C8H15NS2/c1-2-3-4-5-7-6-9-8(10)11-7/h7H,2-6H2,1H3,(H,9,10). The summed E-state index contributed by atoms with van der Waals surface area (Å²) in [5, 5.41) is 0.731. The van der Waals surface area contributed by atoms with Gasteiger partial charge in [0.2, 0.25) is 0 Å². The highest BCUT2D eigenvalue weighted by molar-refractivity contribution is 8.32. The normalized spacial score (nSPS) is 23.8. The second-order valence-corrected chi connectivity index (χ2v) is 4.87. The number of rotatable bonds is 4. The summed E-state index contributed by atoms with van der Waals surface area (Å²) in [7, 11) is 0. The minimum absolute atomic E-state index is 0.731. The van der Waals surface area contributed by atoms with Crippen molar-refractivity contribution >= 4 is 28.8 Å². The van der Waals surface area contributed by atoms with E-state index in [1.54, 1.807) is 0 Å². The smallest absolute Gasteiger partial charge is 0.121 e. The Bertz CT molecular complexity index is 145. The first kappa shape index (κ1) is 9.46. The largest absolute Gasteiger partial charge is 0.271 e. The van der Waals surface area contributed by atoms with E-state index in [-0.39, 0.29) is 0 Å². The number of nitrogens with zero attached hydrogens (tertiary/aromatic N) is 1. The van der Waals surface area contributed by atoms with Crippen molar-refractivity contribution in [3.8, 4) is 0 Å². The summed E-state index contributed by atoms with van der Waals surface area (Å²) in [6.07, 6.45) is 5.34. The maximum Gasteiger partial charge on any atom is 0.121 e. The topological polar surface area (TPSA) is 12.4 Å². The first-order valence-corrected chi connectivity index (χ1v) is 5.55. The molecule has 64 valence electrons. The van der Waals surface area contributed by atoms with Gasteiger partial charge >= 0.3 is 0 Å². The van der Waals surface area contributed by atoms with Crippen LogP contribution in [0.15, 0.2) is 4.99 Å². The second-order valence-electron chi connectivity index (χ2n) is 2.86. The molecule has 0 radical (unpaired) electrons. The molecule has 1 unspecified atom stereocenters. The third-order valence-corrected chi connectivity index (χ3v) is 3.35. The average Bonchev–Trinajstić information content (AvgIpc) is 2.37. The molecule has 1 aliphatic rings. The zero-order valence-electron chi connectivity index (χ0n) is 6.92. The van der Waals surface area contributed by atoms with E-state index >= 15 is 0 Å². The van der Waals surface area contributed by atoms with Crippen molar-refractivity contribution in [2.24, 2.45) is 4.99 Å². The van der Waals surface area contributed by atoms with Gasteiger partial charge in [-0.15, -0.1) is 12.6 Å². The lowest BCUT2D eigenvalue weighted by molar-refractivity contribution is 0.652. The molecule has 3 heteroatoms. The molecule has 0 saturated carbocycles. The molecule has 0 aromatic rings. The Morgan fingerprint density at radius 1 is 1.64 bits per heavy atom. The highest BCUT2D eigenvalue weighted by Gasteiger charge is 2.15. The first-order valence-electron chi connectivity index (χ1n) is 4.23. The maximum atomic E-state index is 4.24. The van der Waals surface area contributed by atoms with Crippen LogP contribution in [-0.4, -0.2) is 16.2 Å². The zero-order chi connectivity index (χ0) is 8.10. The van der Waals surface area contributed by atoms with E-state index in [0.29, 0.717) is 0 Å². The average molecular weight is 189 g/mol. The highest BCUT2D eigenvalue weighted by Crippen LogP contribution is 2.26.